The number of hydrogen-bond donors (Lipinski definition) is 1. The molecule has 5 nitrogen and oxygen atoms in total. The van der Waals surface area contributed by atoms with Gasteiger partial charge in [-0.3, -0.25) is 9.78 Å². The van der Waals surface area contributed by atoms with Crippen molar-refractivity contribution in [2.24, 2.45) is 0 Å². The second-order valence-corrected chi connectivity index (χ2v) is 4.32. The average molecular weight is 249 g/mol. The van der Waals surface area contributed by atoms with Crippen LogP contribution in [0.3, 0.4) is 0 Å². The van der Waals surface area contributed by atoms with E-state index in [1.807, 2.05) is 18.0 Å². The molecule has 98 valence electrons. The van der Waals surface area contributed by atoms with E-state index in [9.17, 15) is 4.79 Å². The highest BCUT2D eigenvalue weighted by atomic mass is 16.5. The van der Waals surface area contributed by atoms with Gasteiger partial charge < -0.3 is 15.0 Å². The largest absolute Gasteiger partial charge is 0.388 e. The zero-order chi connectivity index (χ0) is 13.0. The van der Waals surface area contributed by atoms with Crippen molar-refractivity contribution in [1.29, 1.82) is 0 Å². The molecule has 1 amide bonds. The van der Waals surface area contributed by atoms with Gasteiger partial charge in [-0.25, -0.2) is 0 Å². The molecule has 1 aromatic heterocycles. The highest BCUT2D eigenvalue weighted by Gasteiger charge is 2.27. The van der Waals surface area contributed by atoms with E-state index >= 15 is 0 Å². The van der Waals surface area contributed by atoms with Crippen molar-refractivity contribution in [3.05, 3.63) is 24.0 Å². The van der Waals surface area contributed by atoms with Gasteiger partial charge in [0.25, 0.3) is 5.91 Å². The van der Waals surface area contributed by atoms with Crippen LogP contribution < -0.4 is 5.32 Å². The van der Waals surface area contributed by atoms with E-state index in [-0.39, 0.29) is 11.9 Å². The maximum absolute atomic E-state index is 12.4. The molecular formula is C13H19N3O2. The number of amides is 1. The Morgan fingerprint density at radius 1 is 1.67 bits per heavy atom. The molecule has 0 spiro atoms. The van der Waals surface area contributed by atoms with Crippen molar-refractivity contribution in [2.45, 2.75) is 19.4 Å². The van der Waals surface area contributed by atoms with Gasteiger partial charge in [0, 0.05) is 25.5 Å². The summed E-state index contributed by atoms with van der Waals surface area (Å²) >= 11 is 0. The van der Waals surface area contributed by atoms with Gasteiger partial charge in [0.2, 0.25) is 0 Å². The van der Waals surface area contributed by atoms with Gasteiger partial charge in [-0.15, -0.1) is 0 Å². The second-order valence-electron chi connectivity index (χ2n) is 4.32. The minimum atomic E-state index is -0.0118. The Kier molecular flexibility index (Phi) is 4.15. The van der Waals surface area contributed by atoms with E-state index in [0.717, 1.165) is 12.1 Å². The third-order valence-corrected chi connectivity index (χ3v) is 3.23. The van der Waals surface area contributed by atoms with Crippen molar-refractivity contribution < 1.29 is 9.53 Å². The molecule has 5 heteroatoms. The predicted molar refractivity (Wildman–Crippen MR) is 69.7 cm³/mol. The zero-order valence-corrected chi connectivity index (χ0v) is 10.8. The highest BCUT2D eigenvalue weighted by molar-refractivity contribution is 5.93. The van der Waals surface area contributed by atoms with Crippen LogP contribution >= 0.6 is 0 Å². The monoisotopic (exact) mass is 249 g/mol. The Morgan fingerprint density at radius 2 is 2.50 bits per heavy atom. The van der Waals surface area contributed by atoms with Gasteiger partial charge >= 0.3 is 0 Å². The van der Waals surface area contributed by atoms with Gasteiger partial charge in [0.15, 0.2) is 0 Å². The summed E-state index contributed by atoms with van der Waals surface area (Å²) in [6.07, 6.45) is 2.55. The second kappa shape index (κ2) is 5.82. The summed E-state index contributed by atoms with van der Waals surface area (Å²) in [7, 11) is 1.83. The topological polar surface area (TPSA) is 54.5 Å². The Hall–Kier alpha value is -1.62. The molecule has 1 aliphatic rings. The molecule has 1 saturated heterocycles. The van der Waals surface area contributed by atoms with E-state index in [2.05, 4.69) is 17.2 Å². The summed E-state index contributed by atoms with van der Waals surface area (Å²) in [5.41, 5.74) is 1.39. The van der Waals surface area contributed by atoms with Crippen molar-refractivity contribution >= 4 is 11.6 Å². The number of morpholine rings is 1. The number of pyridine rings is 1. The lowest BCUT2D eigenvalue weighted by atomic mass is 10.1. The average Bonchev–Trinajstić information content (AvgIpc) is 2.46. The first kappa shape index (κ1) is 12.8. The molecule has 1 unspecified atom stereocenters. The molecule has 1 N–H and O–H groups in total. The van der Waals surface area contributed by atoms with Gasteiger partial charge in [-0.1, -0.05) is 6.92 Å². The van der Waals surface area contributed by atoms with Gasteiger partial charge in [-0.05, 0) is 18.6 Å². The van der Waals surface area contributed by atoms with E-state index in [1.165, 1.54) is 0 Å². The smallest absolute Gasteiger partial charge is 0.272 e. The highest BCUT2D eigenvalue weighted by Crippen LogP contribution is 2.15. The summed E-state index contributed by atoms with van der Waals surface area (Å²) in [6, 6.07) is 3.78. The van der Waals surface area contributed by atoms with Crippen LogP contribution in [0.2, 0.25) is 0 Å². The first-order chi connectivity index (χ1) is 8.76. The van der Waals surface area contributed by atoms with E-state index in [4.69, 9.17) is 4.74 Å². The lowest BCUT2D eigenvalue weighted by Crippen LogP contribution is -2.48. The lowest BCUT2D eigenvalue weighted by molar-refractivity contribution is -0.00310. The number of carbonyl (C=O) groups is 1. The first-order valence-corrected chi connectivity index (χ1v) is 6.28. The molecule has 0 aliphatic carbocycles. The maximum Gasteiger partial charge on any atom is 0.272 e. The summed E-state index contributed by atoms with van der Waals surface area (Å²) in [4.78, 5) is 18.4. The van der Waals surface area contributed by atoms with Crippen LogP contribution in [0.25, 0.3) is 0 Å². The number of carbonyl (C=O) groups excluding carboxylic acids is 1. The van der Waals surface area contributed by atoms with Crippen LogP contribution in [-0.4, -0.2) is 48.6 Å². The third kappa shape index (κ3) is 2.61. The Morgan fingerprint density at radius 3 is 3.22 bits per heavy atom. The van der Waals surface area contributed by atoms with Crippen molar-refractivity contribution in [1.82, 2.24) is 9.88 Å². The number of nitrogens with one attached hydrogen (secondary N) is 1. The fraction of sp³-hybridized carbons (Fsp3) is 0.538. The molecule has 0 aromatic carbocycles. The summed E-state index contributed by atoms with van der Waals surface area (Å²) in [6.45, 7) is 3.93. The fourth-order valence-corrected chi connectivity index (χ4v) is 2.11. The van der Waals surface area contributed by atoms with Crippen molar-refractivity contribution in [2.75, 3.05) is 32.1 Å². The number of anilines is 1. The van der Waals surface area contributed by atoms with Crippen LogP contribution in [0.1, 0.15) is 23.8 Å². The zero-order valence-electron chi connectivity index (χ0n) is 10.8. The van der Waals surface area contributed by atoms with Crippen LogP contribution in [0.5, 0.6) is 0 Å². The Bertz CT molecular complexity index is 422. The molecule has 2 heterocycles. The standard InChI is InChI=1S/C13H19N3O2/c1-3-11-9-18-7-6-16(11)13(17)12-8-10(14-2)4-5-15-12/h4-5,8,11H,3,6-7,9H2,1-2H3,(H,14,15). The van der Waals surface area contributed by atoms with E-state index in [0.29, 0.717) is 25.5 Å². The van der Waals surface area contributed by atoms with Gasteiger partial charge in [0.05, 0.1) is 19.3 Å². The molecule has 18 heavy (non-hydrogen) atoms. The minimum Gasteiger partial charge on any atom is -0.388 e. The fourth-order valence-electron chi connectivity index (χ4n) is 2.11. The van der Waals surface area contributed by atoms with Gasteiger partial charge in [0.1, 0.15) is 5.69 Å². The molecule has 2 rings (SSSR count). The lowest BCUT2D eigenvalue weighted by Gasteiger charge is -2.34. The molecule has 1 atom stereocenters. The number of ether oxygens (including phenoxy) is 1. The molecule has 1 aliphatic heterocycles. The summed E-state index contributed by atoms with van der Waals surface area (Å²) < 4.78 is 5.41. The molecule has 0 radical (unpaired) electrons. The van der Waals surface area contributed by atoms with Crippen LogP contribution in [0, 0.1) is 0 Å². The number of rotatable bonds is 3. The van der Waals surface area contributed by atoms with Crippen LogP contribution in [0.15, 0.2) is 18.3 Å². The third-order valence-electron chi connectivity index (χ3n) is 3.23. The Labute approximate surface area is 107 Å². The quantitative estimate of drug-likeness (QED) is 0.879. The summed E-state index contributed by atoms with van der Waals surface area (Å²) in [5.74, 6) is -0.0118. The SMILES string of the molecule is CCC1COCCN1C(=O)c1cc(NC)ccn1. The van der Waals surface area contributed by atoms with Crippen LogP contribution in [0.4, 0.5) is 5.69 Å². The molecule has 0 saturated carbocycles. The molecule has 1 fully saturated rings. The van der Waals surface area contributed by atoms with E-state index in [1.54, 1.807) is 12.3 Å². The number of nitrogens with zero attached hydrogens (tertiary/aromatic N) is 2. The normalized spacial score (nSPS) is 19.7. The van der Waals surface area contributed by atoms with Gasteiger partial charge in [-0.2, -0.15) is 0 Å². The maximum atomic E-state index is 12.4. The Balaban J connectivity index is 2.18. The first-order valence-electron chi connectivity index (χ1n) is 6.28. The van der Waals surface area contributed by atoms with E-state index < -0.39 is 0 Å². The van der Waals surface area contributed by atoms with Crippen LogP contribution in [-0.2, 0) is 4.74 Å². The van der Waals surface area contributed by atoms with Crippen molar-refractivity contribution in [3.63, 3.8) is 0 Å². The summed E-state index contributed by atoms with van der Waals surface area (Å²) in [5, 5.41) is 3.01. The number of aromatic nitrogens is 1. The molecular weight excluding hydrogens is 230 g/mol. The number of hydrogen-bond acceptors (Lipinski definition) is 4. The predicted octanol–water partition coefficient (Wildman–Crippen LogP) is 1.37. The minimum absolute atomic E-state index is 0.0118. The molecule has 0 bridgehead atoms. The molecule has 1 aromatic rings. The van der Waals surface area contributed by atoms with Crippen molar-refractivity contribution in [3.8, 4) is 0 Å².